The Bertz CT molecular complexity index is 1240. The maximum atomic E-state index is 12.5. The second-order valence-corrected chi connectivity index (χ2v) is 7.32. The number of benzene rings is 3. The third-order valence-electron chi connectivity index (χ3n) is 4.64. The van der Waals surface area contributed by atoms with Crippen molar-refractivity contribution >= 4 is 29.2 Å². The van der Waals surface area contributed by atoms with Crippen molar-refractivity contribution in [3.8, 4) is 17.2 Å². The van der Waals surface area contributed by atoms with Crippen LogP contribution in [0.1, 0.15) is 16.1 Å². The van der Waals surface area contributed by atoms with Crippen molar-refractivity contribution in [2.45, 2.75) is 6.92 Å². The zero-order valence-electron chi connectivity index (χ0n) is 17.1. The predicted octanol–water partition coefficient (Wildman–Crippen LogP) is 5.59. The molecule has 1 heterocycles. The summed E-state index contributed by atoms with van der Waals surface area (Å²) in [5.41, 5.74) is 2.28. The minimum atomic E-state index is -0.645. The van der Waals surface area contributed by atoms with Gasteiger partial charge in [0.15, 0.2) is 0 Å². The number of ether oxygens (including phenoxy) is 1. The molecule has 3 amide bonds. The van der Waals surface area contributed by atoms with Gasteiger partial charge in [0.2, 0.25) is 0 Å². The maximum absolute atomic E-state index is 12.5. The first-order chi connectivity index (χ1) is 15.5. The van der Waals surface area contributed by atoms with Gasteiger partial charge in [-0.05, 0) is 67.6 Å². The fourth-order valence-corrected chi connectivity index (χ4v) is 3.17. The highest BCUT2D eigenvalue weighted by molar-refractivity contribution is 6.30. The first kappa shape index (κ1) is 21.1. The van der Waals surface area contributed by atoms with Crippen molar-refractivity contribution in [3.63, 3.8) is 0 Å². The Morgan fingerprint density at radius 1 is 0.906 bits per heavy atom. The van der Waals surface area contributed by atoms with E-state index in [0.29, 0.717) is 33.5 Å². The summed E-state index contributed by atoms with van der Waals surface area (Å²) in [6.07, 6.45) is 1.44. The summed E-state index contributed by atoms with van der Waals surface area (Å²) >= 11 is 5.87. The number of rotatable bonds is 5. The van der Waals surface area contributed by atoms with Crippen LogP contribution in [-0.4, -0.2) is 21.7 Å². The molecule has 7 nitrogen and oxygen atoms in total. The molecule has 0 bridgehead atoms. The summed E-state index contributed by atoms with van der Waals surface area (Å²) < 4.78 is 7.36. The zero-order valence-corrected chi connectivity index (χ0v) is 17.8. The number of imide groups is 1. The van der Waals surface area contributed by atoms with E-state index in [9.17, 15) is 9.59 Å². The van der Waals surface area contributed by atoms with Crippen LogP contribution in [0.15, 0.2) is 85.1 Å². The smallest absolute Gasteiger partial charge is 0.326 e. The molecule has 0 spiro atoms. The van der Waals surface area contributed by atoms with Crippen molar-refractivity contribution in [3.05, 3.63) is 101 Å². The Hall–Kier alpha value is -4.10. The number of urea groups is 1. The SMILES string of the molecule is Cc1c(C(=O)NC(=O)Nc2ccc(Oc3ccc(Cl)cc3)cc2)cnn1-c1ccccc1. The lowest BCUT2D eigenvalue weighted by Crippen LogP contribution is -2.34. The van der Waals surface area contributed by atoms with Gasteiger partial charge in [0.05, 0.1) is 23.1 Å². The van der Waals surface area contributed by atoms with E-state index >= 15 is 0 Å². The Morgan fingerprint density at radius 2 is 1.53 bits per heavy atom. The summed E-state index contributed by atoms with van der Waals surface area (Å²) in [7, 11) is 0. The summed E-state index contributed by atoms with van der Waals surface area (Å²) in [4.78, 5) is 24.8. The average molecular weight is 447 g/mol. The van der Waals surface area contributed by atoms with Crippen molar-refractivity contribution < 1.29 is 14.3 Å². The number of carbonyl (C=O) groups is 2. The van der Waals surface area contributed by atoms with E-state index < -0.39 is 11.9 Å². The van der Waals surface area contributed by atoms with E-state index in [1.54, 1.807) is 60.1 Å². The van der Waals surface area contributed by atoms with Gasteiger partial charge in [0.1, 0.15) is 11.5 Å². The Kier molecular flexibility index (Phi) is 6.19. The fourth-order valence-electron chi connectivity index (χ4n) is 3.04. The predicted molar refractivity (Wildman–Crippen MR) is 123 cm³/mol. The van der Waals surface area contributed by atoms with Gasteiger partial charge >= 0.3 is 6.03 Å². The van der Waals surface area contributed by atoms with Gasteiger partial charge < -0.3 is 10.1 Å². The highest BCUT2D eigenvalue weighted by atomic mass is 35.5. The minimum Gasteiger partial charge on any atom is -0.457 e. The van der Waals surface area contributed by atoms with E-state index in [-0.39, 0.29) is 0 Å². The van der Waals surface area contributed by atoms with Crippen LogP contribution in [0.2, 0.25) is 5.02 Å². The van der Waals surface area contributed by atoms with Crippen LogP contribution < -0.4 is 15.4 Å². The number of nitrogens with zero attached hydrogens (tertiary/aromatic N) is 2. The molecule has 3 aromatic carbocycles. The first-order valence-corrected chi connectivity index (χ1v) is 10.1. The van der Waals surface area contributed by atoms with Gasteiger partial charge in [0.25, 0.3) is 5.91 Å². The van der Waals surface area contributed by atoms with Gasteiger partial charge in [-0.15, -0.1) is 0 Å². The monoisotopic (exact) mass is 446 g/mol. The van der Waals surface area contributed by atoms with Crippen molar-refractivity contribution in [1.82, 2.24) is 15.1 Å². The van der Waals surface area contributed by atoms with Crippen LogP contribution in [0, 0.1) is 6.92 Å². The molecule has 1 aromatic heterocycles. The van der Waals surface area contributed by atoms with Gasteiger partial charge in [-0.1, -0.05) is 29.8 Å². The van der Waals surface area contributed by atoms with Crippen LogP contribution in [0.4, 0.5) is 10.5 Å². The standard InChI is InChI=1S/C24H19ClN4O3/c1-16-22(15-26-29(16)19-5-3-2-4-6-19)23(30)28-24(31)27-18-9-13-21(14-10-18)32-20-11-7-17(25)8-12-20/h2-15H,1H3,(H2,27,28,30,31). The second kappa shape index (κ2) is 9.36. The number of halogens is 1. The fraction of sp³-hybridized carbons (Fsp3) is 0.0417. The quantitative estimate of drug-likeness (QED) is 0.418. The molecule has 0 radical (unpaired) electrons. The highest BCUT2D eigenvalue weighted by Gasteiger charge is 2.17. The number of anilines is 1. The number of aromatic nitrogens is 2. The molecule has 0 unspecified atom stereocenters. The van der Waals surface area contributed by atoms with Gasteiger partial charge in [-0.25, -0.2) is 9.48 Å². The third kappa shape index (κ3) is 4.96. The summed E-state index contributed by atoms with van der Waals surface area (Å²) in [6, 6.07) is 22.5. The average Bonchev–Trinajstić information content (AvgIpc) is 3.18. The number of hydrogen-bond acceptors (Lipinski definition) is 4. The van der Waals surface area contributed by atoms with E-state index in [1.165, 1.54) is 6.20 Å². The lowest BCUT2D eigenvalue weighted by Gasteiger charge is -2.09. The molecule has 0 saturated heterocycles. The summed E-state index contributed by atoms with van der Waals surface area (Å²) in [6.45, 7) is 1.77. The number of hydrogen-bond donors (Lipinski definition) is 2. The molecule has 160 valence electrons. The van der Waals surface area contributed by atoms with Crippen LogP contribution in [0.25, 0.3) is 5.69 Å². The zero-order chi connectivity index (χ0) is 22.5. The van der Waals surface area contributed by atoms with Gasteiger partial charge in [-0.2, -0.15) is 5.10 Å². The molecule has 8 heteroatoms. The summed E-state index contributed by atoms with van der Waals surface area (Å²) in [5.74, 6) is 0.702. The number of carbonyl (C=O) groups excluding carboxylic acids is 2. The molecule has 0 saturated carbocycles. The molecule has 0 aliphatic heterocycles. The van der Waals surface area contributed by atoms with E-state index in [1.807, 2.05) is 30.3 Å². The molecule has 4 rings (SSSR count). The van der Waals surface area contributed by atoms with Crippen LogP contribution >= 0.6 is 11.6 Å². The normalized spacial score (nSPS) is 10.4. The molecule has 0 aliphatic rings. The van der Waals surface area contributed by atoms with Crippen molar-refractivity contribution in [2.75, 3.05) is 5.32 Å². The Balaban J connectivity index is 1.36. The number of para-hydroxylation sites is 1. The minimum absolute atomic E-state index is 0.315. The second-order valence-electron chi connectivity index (χ2n) is 6.88. The Morgan fingerprint density at radius 3 is 2.19 bits per heavy atom. The van der Waals surface area contributed by atoms with Gasteiger partial charge in [0, 0.05) is 10.7 Å². The van der Waals surface area contributed by atoms with E-state index in [2.05, 4.69) is 15.7 Å². The molecule has 0 aliphatic carbocycles. The molecule has 0 atom stereocenters. The lowest BCUT2D eigenvalue weighted by atomic mass is 10.2. The maximum Gasteiger partial charge on any atom is 0.326 e. The number of amides is 3. The molecule has 2 N–H and O–H groups in total. The molecular weight excluding hydrogens is 428 g/mol. The van der Waals surface area contributed by atoms with E-state index in [4.69, 9.17) is 16.3 Å². The third-order valence-corrected chi connectivity index (χ3v) is 4.90. The molecular formula is C24H19ClN4O3. The lowest BCUT2D eigenvalue weighted by molar-refractivity contribution is 0.0966. The van der Waals surface area contributed by atoms with Crippen LogP contribution in [0.3, 0.4) is 0 Å². The van der Waals surface area contributed by atoms with Gasteiger partial charge in [-0.3, -0.25) is 10.1 Å². The van der Waals surface area contributed by atoms with E-state index in [0.717, 1.165) is 5.69 Å². The topological polar surface area (TPSA) is 85.2 Å². The molecule has 0 fully saturated rings. The highest BCUT2D eigenvalue weighted by Crippen LogP contribution is 2.24. The van der Waals surface area contributed by atoms with Crippen LogP contribution in [0.5, 0.6) is 11.5 Å². The molecule has 32 heavy (non-hydrogen) atoms. The molecule has 4 aromatic rings. The van der Waals surface area contributed by atoms with Crippen molar-refractivity contribution in [2.24, 2.45) is 0 Å². The van der Waals surface area contributed by atoms with Crippen LogP contribution in [-0.2, 0) is 0 Å². The first-order valence-electron chi connectivity index (χ1n) is 9.75. The Labute approximate surface area is 189 Å². The number of nitrogens with one attached hydrogen (secondary N) is 2. The summed E-state index contributed by atoms with van der Waals surface area (Å²) in [5, 5.41) is 9.83. The largest absolute Gasteiger partial charge is 0.457 e. The van der Waals surface area contributed by atoms with Crippen molar-refractivity contribution in [1.29, 1.82) is 0 Å².